The largest absolute Gasteiger partial charge is 0.469 e. The number of halogens is 3. The van der Waals surface area contributed by atoms with E-state index in [-0.39, 0.29) is 16.6 Å². The van der Waals surface area contributed by atoms with Gasteiger partial charge in [0.25, 0.3) is 12.1 Å². The normalized spacial score (nSPS) is 10.5. The fourth-order valence-electron chi connectivity index (χ4n) is 1.19. The second-order valence-electron chi connectivity index (χ2n) is 3.15. The van der Waals surface area contributed by atoms with Crippen molar-refractivity contribution in [3.63, 3.8) is 0 Å². The van der Waals surface area contributed by atoms with Crippen LogP contribution in [0.2, 0.25) is 0 Å². The molecular formula is C9H7BrF2N2O4. The van der Waals surface area contributed by atoms with Crippen molar-refractivity contribution >= 4 is 27.6 Å². The van der Waals surface area contributed by atoms with Crippen LogP contribution in [0, 0.1) is 10.1 Å². The Morgan fingerprint density at radius 2 is 2.28 bits per heavy atom. The summed E-state index contributed by atoms with van der Waals surface area (Å²) in [7, 11) is 1.14. The highest BCUT2D eigenvalue weighted by molar-refractivity contribution is 9.10. The van der Waals surface area contributed by atoms with Crippen LogP contribution >= 0.6 is 15.9 Å². The van der Waals surface area contributed by atoms with Gasteiger partial charge >= 0.3 is 5.97 Å². The Labute approximate surface area is 108 Å². The number of esters is 1. The van der Waals surface area contributed by atoms with Gasteiger partial charge in [-0.15, -0.1) is 0 Å². The van der Waals surface area contributed by atoms with Crippen LogP contribution < -0.4 is 0 Å². The summed E-state index contributed by atoms with van der Waals surface area (Å²) in [6.07, 6.45) is -3.37. The first-order chi connectivity index (χ1) is 8.36. The fourth-order valence-corrected chi connectivity index (χ4v) is 1.64. The number of rotatable bonds is 4. The number of nitro groups is 1. The van der Waals surface area contributed by atoms with E-state index in [1.54, 1.807) is 0 Å². The summed E-state index contributed by atoms with van der Waals surface area (Å²) in [4.78, 5) is 24.1. The topological polar surface area (TPSA) is 82.3 Å². The SMILES string of the molecule is COC(=O)Cc1cc([N+](=O)[O-])c(C(F)F)nc1Br. The molecule has 18 heavy (non-hydrogen) atoms. The average molecular weight is 325 g/mol. The second-order valence-corrected chi connectivity index (χ2v) is 3.90. The van der Waals surface area contributed by atoms with Crippen molar-refractivity contribution in [2.45, 2.75) is 12.8 Å². The molecule has 0 unspecified atom stereocenters. The van der Waals surface area contributed by atoms with E-state index in [0.29, 0.717) is 0 Å². The summed E-state index contributed by atoms with van der Waals surface area (Å²) in [6.45, 7) is 0. The van der Waals surface area contributed by atoms with E-state index in [9.17, 15) is 23.7 Å². The van der Waals surface area contributed by atoms with Gasteiger partial charge in [-0.2, -0.15) is 0 Å². The quantitative estimate of drug-likeness (QED) is 0.367. The molecule has 0 saturated heterocycles. The molecule has 0 aliphatic carbocycles. The number of hydrogen-bond donors (Lipinski definition) is 0. The molecule has 0 aliphatic heterocycles. The van der Waals surface area contributed by atoms with Crippen molar-refractivity contribution in [3.8, 4) is 0 Å². The summed E-state index contributed by atoms with van der Waals surface area (Å²) in [6, 6.07) is 0.884. The lowest BCUT2D eigenvalue weighted by Gasteiger charge is -2.06. The first-order valence-electron chi connectivity index (χ1n) is 4.55. The van der Waals surface area contributed by atoms with Crippen molar-refractivity contribution in [1.82, 2.24) is 4.98 Å². The molecule has 0 N–H and O–H groups in total. The number of hydrogen-bond acceptors (Lipinski definition) is 5. The number of pyridine rings is 1. The van der Waals surface area contributed by atoms with Gasteiger partial charge in [-0.1, -0.05) is 0 Å². The highest BCUT2D eigenvalue weighted by Crippen LogP contribution is 2.31. The van der Waals surface area contributed by atoms with Gasteiger partial charge in [0.1, 0.15) is 4.60 Å². The minimum absolute atomic E-state index is 0.0474. The summed E-state index contributed by atoms with van der Waals surface area (Å²) in [5.74, 6) is -0.656. The molecule has 0 fully saturated rings. The van der Waals surface area contributed by atoms with Crippen molar-refractivity contribution < 1.29 is 23.2 Å². The molecule has 0 amide bonds. The Bertz CT molecular complexity index is 496. The molecule has 0 aromatic carbocycles. The number of methoxy groups -OCH3 is 1. The highest BCUT2D eigenvalue weighted by Gasteiger charge is 2.26. The third-order valence-corrected chi connectivity index (χ3v) is 2.71. The first kappa shape index (κ1) is 14.4. The maximum Gasteiger partial charge on any atom is 0.310 e. The standard InChI is InChI=1S/C9H7BrF2N2O4/c1-18-6(15)3-4-2-5(14(16)17)7(9(11)12)13-8(4)10/h2,9H,3H2,1H3. The number of aromatic nitrogens is 1. The molecule has 98 valence electrons. The monoisotopic (exact) mass is 324 g/mol. The zero-order valence-electron chi connectivity index (χ0n) is 9.02. The van der Waals surface area contributed by atoms with Crippen LogP contribution in [0.4, 0.5) is 14.5 Å². The van der Waals surface area contributed by atoms with Crippen LogP contribution in [0.5, 0.6) is 0 Å². The van der Waals surface area contributed by atoms with Gasteiger partial charge in [0.15, 0.2) is 5.69 Å². The van der Waals surface area contributed by atoms with Gasteiger partial charge in [-0.3, -0.25) is 14.9 Å². The maximum atomic E-state index is 12.5. The van der Waals surface area contributed by atoms with Crippen molar-refractivity contribution in [2.24, 2.45) is 0 Å². The van der Waals surface area contributed by atoms with Crippen LogP contribution in [-0.4, -0.2) is 23.0 Å². The number of carbonyl (C=O) groups excluding carboxylic acids is 1. The Morgan fingerprint density at radius 1 is 1.67 bits per heavy atom. The zero-order chi connectivity index (χ0) is 13.9. The summed E-state index contributed by atoms with van der Waals surface area (Å²) in [5.41, 5.74) is -1.66. The van der Waals surface area contributed by atoms with Crippen LogP contribution in [-0.2, 0) is 16.0 Å². The van der Waals surface area contributed by atoms with Gasteiger partial charge in [-0.05, 0) is 15.9 Å². The van der Waals surface area contributed by atoms with E-state index < -0.39 is 28.7 Å². The molecule has 9 heteroatoms. The molecule has 1 aromatic heterocycles. The first-order valence-corrected chi connectivity index (χ1v) is 5.34. The molecule has 6 nitrogen and oxygen atoms in total. The maximum absolute atomic E-state index is 12.5. The minimum Gasteiger partial charge on any atom is -0.469 e. The minimum atomic E-state index is -3.08. The Kier molecular flexibility index (Phi) is 4.65. The zero-order valence-corrected chi connectivity index (χ0v) is 10.6. The van der Waals surface area contributed by atoms with Crippen LogP contribution in [0.3, 0.4) is 0 Å². The molecule has 0 saturated carbocycles. The molecule has 1 rings (SSSR count). The predicted octanol–water partition coefficient (Wildman–Crippen LogP) is 2.41. The molecule has 0 atom stereocenters. The summed E-state index contributed by atoms with van der Waals surface area (Å²) in [5, 5.41) is 10.6. The lowest BCUT2D eigenvalue weighted by molar-refractivity contribution is -0.386. The van der Waals surface area contributed by atoms with Crippen molar-refractivity contribution in [1.29, 1.82) is 0 Å². The van der Waals surface area contributed by atoms with E-state index >= 15 is 0 Å². The fraction of sp³-hybridized carbons (Fsp3) is 0.333. The number of ether oxygens (including phenoxy) is 1. The molecule has 0 radical (unpaired) electrons. The Morgan fingerprint density at radius 3 is 2.72 bits per heavy atom. The third-order valence-electron chi connectivity index (χ3n) is 2.02. The van der Waals surface area contributed by atoms with Gasteiger partial charge in [0.05, 0.1) is 18.5 Å². The van der Waals surface area contributed by atoms with Crippen molar-refractivity contribution in [2.75, 3.05) is 7.11 Å². The number of alkyl halides is 2. The van der Waals surface area contributed by atoms with Crippen LogP contribution in [0.15, 0.2) is 10.7 Å². The van der Waals surface area contributed by atoms with E-state index in [1.807, 2.05) is 0 Å². The van der Waals surface area contributed by atoms with Gasteiger partial charge in [0, 0.05) is 11.6 Å². The smallest absolute Gasteiger partial charge is 0.310 e. The average Bonchev–Trinajstić information content (AvgIpc) is 2.30. The van der Waals surface area contributed by atoms with Crippen LogP contribution in [0.1, 0.15) is 17.7 Å². The number of nitrogens with zero attached hydrogens (tertiary/aromatic N) is 2. The molecule has 1 heterocycles. The van der Waals surface area contributed by atoms with Crippen molar-refractivity contribution in [3.05, 3.63) is 32.0 Å². The summed E-state index contributed by atoms with van der Waals surface area (Å²) < 4.78 is 29.4. The van der Waals surface area contributed by atoms with E-state index in [1.165, 1.54) is 0 Å². The van der Waals surface area contributed by atoms with Gasteiger partial charge in [0.2, 0.25) is 0 Å². The lowest BCUT2D eigenvalue weighted by Crippen LogP contribution is -2.08. The van der Waals surface area contributed by atoms with Gasteiger partial charge < -0.3 is 4.74 Å². The summed E-state index contributed by atoms with van der Waals surface area (Å²) >= 11 is 2.88. The van der Waals surface area contributed by atoms with Crippen LogP contribution in [0.25, 0.3) is 0 Å². The lowest BCUT2D eigenvalue weighted by atomic mass is 10.1. The molecule has 0 aliphatic rings. The molecule has 0 bridgehead atoms. The second kappa shape index (κ2) is 5.80. The van der Waals surface area contributed by atoms with E-state index in [4.69, 9.17) is 0 Å². The van der Waals surface area contributed by atoms with E-state index in [2.05, 4.69) is 25.7 Å². The highest BCUT2D eigenvalue weighted by atomic mass is 79.9. The van der Waals surface area contributed by atoms with E-state index in [0.717, 1.165) is 13.2 Å². The molecular weight excluding hydrogens is 318 g/mol. The predicted molar refractivity (Wildman–Crippen MR) is 59.3 cm³/mol. The Balaban J connectivity index is 3.27. The van der Waals surface area contributed by atoms with Gasteiger partial charge in [-0.25, -0.2) is 13.8 Å². The third kappa shape index (κ3) is 3.19. The Hall–Kier alpha value is -1.64. The molecule has 0 spiro atoms. The molecule has 1 aromatic rings. The number of carbonyl (C=O) groups is 1.